The predicted octanol–water partition coefficient (Wildman–Crippen LogP) is 1.70. The number of aryl methyl sites for hydroxylation is 1. The average molecular weight is 238 g/mol. The molecule has 16 heavy (non-hydrogen) atoms. The number of nitrogens with zero attached hydrogens (tertiary/aromatic N) is 2. The summed E-state index contributed by atoms with van der Waals surface area (Å²) < 4.78 is 4.65. The maximum atomic E-state index is 11.4. The standard InChI is InChI=1S/C9H10N4O2S/c1-5-7(8(14)15-2)16-9(12-5)13-6-3-10-11-4-6/h3-4H,1-2H3,(H,10,11)(H,12,13). The molecule has 2 heterocycles. The third kappa shape index (κ3) is 2.03. The van der Waals surface area contributed by atoms with E-state index in [0.717, 1.165) is 5.69 Å². The molecule has 0 saturated carbocycles. The zero-order chi connectivity index (χ0) is 11.5. The first kappa shape index (κ1) is 10.6. The molecule has 0 amide bonds. The van der Waals surface area contributed by atoms with Gasteiger partial charge in [-0.3, -0.25) is 5.10 Å². The minimum absolute atomic E-state index is 0.366. The summed E-state index contributed by atoms with van der Waals surface area (Å²) in [5, 5.41) is 10.1. The minimum atomic E-state index is -0.366. The molecule has 0 saturated heterocycles. The molecule has 0 unspecified atom stereocenters. The summed E-state index contributed by atoms with van der Waals surface area (Å²) in [6.07, 6.45) is 3.34. The van der Waals surface area contributed by atoms with E-state index in [1.54, 1.807) is 19.3 Å². The fourth-order valence-electron chi connectivity index (χ4n) is 1.17. The van der Waals surface area contributed by atoms with Crippen LogP contribution in [0, 0.1) is 6.92 Å². The molecule has 2 aromatic rings. The van der Waals surface area contributed by atoms with Crippen LogP contribution in [0.1, 0.15) is 15.4 Å². The topological polar surface area (TPSA) is 79.9 Å². The van der Waals surface area contributed by atoms with Crippen LogP contribution < -0.4 is 5.32 Å². The lowest BCUT2D eigenvalue weighted by molar-refractivity contribution is 0.0605. The lowest BCUT2D eigenvalue weighted by Crippen LogP contribution is -1.99. The van der Waals surface area contributed by atoms with E-state index >= 15 is 0 Å². The number of hydrogen-bond acceptors (Lipinski definition) is 6. The van der Waals surface area contributed by atoms with Crippen molar-refractivity contribution in [2.45, 2.75) is 6.92 Å². The Kier molecular flexibility index (Phi) is 2.86. The lowest BCUT2D eigenvalue weighted by Gasteiger charge is -1.95. The van der Waals surface area contributed by atoms with Gasteiger partial charge in [-0.05, 0) is 6.92 Å². The van der Waals surface area contributed by atoms with Crippen molar-refractivity contribution in [3.63, 3.8) is 0 Å². The molecule has 0 spiro atoms. The molecule has 0 aromatic carbocycles. The Morgan fingerprint density at radius 2 is 2.44 bits per heavy atom. The second-order valence-electron chi connectivity index (χ2n) is 3.04. The third-order valence-electron chi connectivity index (χ3n) is 1.92. The van der Waals surface area contributed by atoms with E-state index in [1.807, 2.05) is 0 Å². The van der Waals surface area contributed by atoms with Gasteiger partial charge in [0.25, 0.3) is 0 Å². The fourth-order valence-corrected chi connectivity index (χ4v) is 2.08. The first-order valence-corrected chi connectivity index (χ1v) is 5.34. The lowest BCUT2D eigenvalue weighted by atomic mass is 10.4. The summed E-state index contributed by atoms with van der Waals surface area (Å²) in [6, 6.07) is 0. The Bertz CT molecular complexity index is 492. The van der Waals surface area contributed by atoms with Crippen LogP contribution in [-0.2, 0) is 4.74 Å². The summed E-state index contributed by atoms with van der Waals surface area (Å²) in [7, 11) is 1.35. The van der Waals surface area contributed by atoms with E-state index in [9.17, 15) is 4.79 Å². The second kappa shape index (κ2) is 4.31. The number of methoxy groups -OCH3 is 1. The molecule has 0 bridgehead atoms. The van der Waals surface area contributed by atoms with Crippen molar-refractivity contribution in [1.82, 2.24) is 15.2 Å². The number of esters is 1. The van der Waals surface area contributed by atoms with E-state index in [-0.39, 0.29) is 5.97 Å². The summed E-state index contributed by atoms with van der Waals surface area (Å²) >= 11 is 1.25. The van der Waals surface area contributed by atoms with Crippen molar-refractivity contribution >= 4 is 28.1 Å². The van der Waals surface area contributed by atoms with Gasteiger partial charge in [0.1, 0.15) is 4.88 Å². The van der Waals surface area contributed by atoms with E-state index in [1.165, 1.54) is 18.4 Å². The van der Waals surface area contributed by atoms with Crippen LogP contribution in [0.25, 0.3) is 0 Å². The normalized spacial score (nSPS) is 10.1. The Morgan fingerprint density at radius 3 is 3.06 bits per heavy atom. The number of nitrogens with one attached hydrogen (secondary N) is 2. The van der Waals surface area contributed by atoms with Gasteiger partial charge in [-0.1, -0.05) is 11.3 Å². The van der Waals surface area contributed by atoms with Crippen molar-refractivity contribution in [3.8, 4) is 0 Å². The number of aromatic nitrogens is 3. The molecular weight excluding hydrogens is 228 g/mol. The van der Waals surface area contributed by atoms with Gasteiger partial charge in [0.05, 0.1) is 24.7 Å². The summed E-state index contributed by atoms with van der Waals surface area (Å²) in [5.74, 6) is -0.366. The van der Waals surface area contributed by atoms with Crippen molar-refractivity contribution < 1.29 is 9.53 Å². The highest BCUT2D eigenvalue weighted by Gasteiger charge is 2.15. The minimum Gasteiger partial charge on any atom is -0.465 e. The van der Waals surface area contributed by atoms with Crippen molar-refractivity contribution in [1.29, 1.82) is 0 Å². The molecule has 0 fully saturated rings. The van der Waals surface area contributed by atoms with Gasteiger partial charge in [-0.25, -0.2) is 9.78 Å². The molecule has 7 heteroatoms. The molecule has 0 atom stereocenters. The smallest absolute Gasteiger partial charge is 0.350 e. The quantitative estimate of drug-likeness (QED) is 0.795. The van der Waals surface area contributed by atoms with E-state index in [0.29, 0.717) is 15.7 Å². The van der Waals surface area contributed by atoms with E-state index < -0.39 is 0 Å². The molecular formula is C9H10N4O2S. The first-order chi connectivity index (χ1) is 7.70. The van der Waals surface area contributed by atoms with Gasteiger partial charge in [-0.15, -0.1) is 0 Å². The maximum absolute atomic E-state index is 11.4. The number of rotatable bonds is 3. The fraction of sp³-hybridized carbons (Fsp3) is 0.222. The summed E-state index contributed by atoms with van der Waals surface area (Å²) in [4.78, 5) is 16.1. The van der Waals surface area contributed by atoms with Crippen molar-refractivity contribution in [3.05, 3.63) is 23.0 Å². The molecule has 6 nitrogen and oxygen atoms in total. The first-order valence-electron chi connectivity index (χ1n) is 4.52. The molecule has 84 valence electrons. The van der Waals surface area contributed by atoms with Gasteiger partial charge >= 0.3 is 5.97 Å². The van der Waals surface area contributed by atoms with Gasteiger partial charge in [0, 0.05) is 6.20 Å². The molecule has 0 aliphatic heterocycles. The summed E-state index contributed by atoms with van der Waals surface area (Å²) in [6.45, 7) is 1.77. The van der Waals surface area contributed by atoms with Gasteiger partial charge in [0.2, 0.25) is 0 Å². The SMILES string of the molecule is COC(=O)c1sc(Nc2cn[nH]c2)nc1C. The van der Waals surface area contributed by atoms with Gasteiger partial charge in [0.15, 0.2) is 5.13 Å². The van der Waals surface area contributed by atoms with Crippen LogP contribution in [0.15, 0.2) is 12.4 Å². The van der Waals surface area contributed by atoms with Crippen molar-refractivity contribution in [2.75, 3.05) is 12.4 Å². The Hall–Kier alpha value is -1.89. The van der Waals surface area contributed by atoms with Crippen LogP contribution in [0.4, 0.5) is 10.8 Å². The number of carbonyl (C=O) groups excluding carboxylic acids is 1. The molecule has 2 rings (SSSR count). The second-order valence-corrected chi connectivity index (χ2v) is 4.04. The summed E-state index contributed by atoms with van der Waals surface area (Å²) in [5.41, 5.74) is 1.45. The predicted molar refractivity (Wildman–Crippen MR) is 60.1 cm³/mol. The highest BCUT2D eigenvalue weighted by atomic mass is 32.1. The average Bonchev–Trinajstić information content (AvgIpc) is 2.88. The number of thiazole rings is 1. The molecule has 0 radical (unpaired) electrons. The van der Waals surface area contributed by atoms with Gasteiger partial charge < -0.3 is 10.1 Å². The highest BCUT2D eigenvalue weighted by molar-refractivity contribution is 7.17. The number of aromatic amines is 1. The Balaban J connectivity index is 2.21. The maximum Gasteiger partial charge on any atom is 0.350 e. The number of H-pyrrole nitrogens is 1. The zero-order valence-corrected chi connectivity index (χ0v) is 9.59. The highest BCUT2D eigenvalue weighted by Crippen LogP contribution is 2.25. The van der Waals surface area contributed by atoms with Crippen LogP contribution >= 0.6 is 11.3 Å². The van der Waals surface area contributed by atoms with Crippen LogP contribution in [0.3, 0.4) is 0 Å². The number of anilines is 2. The van der Waals surface area contributed by atoms with Crippen molar-refractivity contribution in [2.24, 2.45) is 0 Å². The number of hydrogen-bond donors (Lipinski definition) is 2. The molecule has 0 aliphatic rings. The largest absolute Gasteiger partial charge is 0.465 e. The number of ether oxygens (including phenoxy) is 1. The Morgan fingerprint density at radius 1 is 1.62 bits per heavy atom. The molecule has 2 aromatic heterocycles. The zero-order valence-electron chi connectivity index (χ0n) is 8.77. The third-order valence-corrected chi connectivity index (χ3v) is 2.97. The Labute approximate surface area is 95.7 Å². The monoisotopic (exact) mass is 238 g/mol. The van der Waals surface area contributed by atoms with Gasteiger partial charge in [-0.2, -0.15) is 5.10 Å². The van der Waals surface area contributed by atoms with E-state index in [2.05, 4.69) is 25.2 Å². The van der Waals surface area contributed by atoms with Crippen LogP contribution in [-0.4, -0.2) is 28.3 Å². The van der Waals surface area contributed by atoms with E-state index in [4.69, 9.17) is 0 Å². The van der Waals surface area contributed by atoms with Crippen LogP contribution in [0.2, 0.25) is 0 Å². The van der Waals surface area contributed by atoms with Crippen LogP contribution in [0.5, 0.6) is 0 Å². The molecule has 2 N–H and O–H groups in total. The number of carbonyl (C=O) groups is 1. The molecule has 0 aliphatic carbocycles.